The van der Waals surface area contributed by atoms with Crippen molar-refractivity contribution in [2.75, 3.05) is 19.8 Å². The molecule has 1 saturated heterocycles. The molecule has 3 rings (SSSR count). The van der Waals surface area contributed by atoms with Crippen molar-refractivity contribution in [2.45, 2.75) is 25.9 Å². The van der Waals surface area contributed by atoms with E-state index in [1.807, 2.05) is 31.2 Å². The van der Waals surface area contributed by atoms with Gasteiger partial charge in [0, 0.05) is 18.7 Å². The molecule has 0 unspecified atom stereocenters. The van der Waals surface area contributed by atoms with E-state index in [1.54, 1.807) is 6.07 Å². The molecule has 1 fully saturated rings. The molecule has 0 bridgehead atoms. The molecule has 1 aromatic carbocycles. The minimum atomic E-state index is -0.162. The highest BCUT2D eigenvalue weighted by molar-refractivity contribution is 5.93. The Hall–Kier alpha value is -2.34. The fourth-order valence-corrected chi connectivity index (χ4v) is 2.58. The van der Waals surface area contributed by atoms with Crippen LogP contribution >= 0.6 is 0 Å². The van der Waals surface area contributed by atoms with Crippen LogP contribution in [0.25, 0.3) is 11.3 Å². The number of benzene rings is 1. The van der Waals surface area contributed by atoms with Crippen LogP contribution in [0, 0.1) is 0 Å². The van der Waals surface area contributed by atoms with Crippen LogP contribution in [0.5, 0.6) is 5.75 Å². The minimum Gasteiger partial charge on any atom is -0.494 e. The van der Waals surface area contributed by atoms with Crippen molar-refractivity contribution >= 4 is 5.91 Å². The first-order chi connectivity index (χ1) is 11.3. The number of ether oxygens (including phenoxy) is 2. The fraction of sp³-hybridized carbons (Fsp3) is 0.412. The molecular weight excluding hydrogens is 294 g/mol. The predicted octanol–water partition coefficient (Wildman–Crippen LogP) is 2.38. The summed E-state index contributed by atoms with van der Waals surface area (Å²) < 4.78 is 10.9. The summed E-state index contributed by atoms with van der Waals surface area (Å²) in [5, 5.41) is 9.87. The molecule has 6 nitrogen and oxygen atoms in total. The van der Waals surface area contributed by atoms with Gasteiger partial charge in [-0.1, -0.05) is 0 Å². The molecule has 2 N–H and O–H groups in total. The van der Waals surface area contributed by atoms with Gasteiger partial charge in [-0.05, 0) is 50.1 Å². The molecule has 2 heterocycles. The topological polar surface area (TPSA) is 76.2 Å². The van der Waals surface area contributed by atoms with E-state index in [2.05, 4.69) is 15.5 Å². The van der Waals surface area contributed by atoms with Gasteiger partial charge >= 0.3 is 0 Å². The normalized spacial score (nSPS) is 17.2. The van der Waals surface area contributed by atoms with Crippen LogP contribution < -0.4 is 10.1 Å². The zero-order valence-electron chi connectivity index (χ0n) is 13.2. The summed E-state index contributed by atoms with van der Waals surface area (Å²) in [4.78, 5) is 12.1. The Kier molecular flexibility index (Phi) is 4.92. The molecule has 1 aliphatic heterocycles. The Morgan fingerprint density at radius 1 is 1.43 bits per heavy atom. The summed E-state index contributed by atoms with van der Waals surface area (Å²) in [7, 11) is 0. The summed E-state index contributed by atoms with van der Waals surface area (Å²) in [5.74, 6) is 0.659. The molecule has 122 valence electrons. The Balaban J connectivity index is 1.61. The Morgan fingerprint density at radius 2 is 2.26 bits per heavy atom. The second-order valence-electron chi connectivity index (χ2n) is 5.47. The van der Waals surface area contributed by atoms with Gasteiger partial charge in [-0.25, -0.2) is 0 Å². The van der Waals surface area contributed by atoms with Crippen LogP contribution in [-0.4, -0.2) is 42.0 Å². The third-order valence-corrected chi connectivity index (χ3v) is 3.80. The van der Waals surface area contributed by atoms with E-state index in [-0.39, 0.29) is 12.0 Å². The molecule has 23 heavy (non-hydrogen) atoms. The number of aromatic nitrogens is 2. The first-order valence-electron chi connectivity index (χ1n) is 7.94. The Morgan fingerprint density at radius 3 is 2.96 bits per heavy atom. The summed E-state index contributed by atoms with van der Waals surface area (Å²) >= 11 is 0. The first kappa shape index (κ1) is 15.6. The SMILES string of the molecule is CCOc1ccc(-c2cc(C(=O)NC[C@H]3CCCO3)[nH]n2)cc1. The van der Waals surface area contributed by atoms with E-state index in [1.165, 1.54) is 0 Å². The van der Waals surface area contributed by atoms with Crippen LogP contribution in [0.1, 0.15) is 30.3 Å². The largest absolute Gasteiger partial charge is 0.494 e. The minimum absolute atomic E-state index is 0.132. The summed E-state index contributed by atoms with van der Waals surface area (Å²) in [5.41, 5.74) is 2.12. The Labute approximate surface area is 135 Å². The smallest absolute Gasteiger partial charge is 0.269 e. The monoisotopic (exact) mass is 315 g/mol. The third kappa shape index (κ3) is 3.90. The highest BCUT2D eigenvalue weighted by Crippen LogP contribution is 2.21. The molecule has 2 aromatic rings. The highest BCUT2D eigenvalue weighted by atomic mass is 16.5. The van der Waals surface area contributed by atoms with E-state index in [4.69, 9.17) is 9.47 Å². The van der Waals surface area contributed by atoms with Crippen LogP contribution in [0.2, 0.25) is 0 Å². The fourth-order valence-electron chi connectivity index (χ4n) is 2.58. The lowest BCUT2D eigenvalue weighted by Crippen LogP contribution is -2.31. The third-order valence-electron chi connectivity index (χ3n) is 3.80. The van der Waals surface area contributed by atoms with Gasteiger partial charge in [-0.15, -0.1) is 0 Å². The van der Waals surface area contributed by atoms with Crippen LogP contribution in [0.4, 0.5) is 0 Å². The number of hydrogen-bond donors (Lipinski definition) is 2. The predicted molar refractivity (Wildman–Crippen MR) is 86.5 cm³/mol. The van der Waals surface area contributed by atoms with Gasteiger partial charge in [-0.3, -0.25) is 9.89 Å². The zero-order valence-corrected chi connectivity index (χ0v) is 13.2. The van der Waals surface area contributed by atoms with Crippen molar-refractivity contribution in [1.29, 1.82) is 0 Å². The van der Waals surface area contributed by atoms with Crippen molar-refractivity contribution in [3.05, 3.63) is 36.0 Å². The number of rotatable bonds is 6. The van der Waals surface area contributed by atoms with Gasteiger partial charge in [0.05, 0.1) is 18.4 Å². The number of nitrogens with one attached hydrogen (secondary N) is 2. The highest BCUT2D eigenvalue weighted by Gasteiger charge is 2.17. The van der Waals surface area contributed by atoms with Crippen LogP contribution in [0.15, 0.2) is 30.3 Å². The summed E-state index contributed by atoms with van der Waals surface area (Å²) in [6, 6.07) is 9.39. The van der Waals surface area contributed by atoms with E-state index in [0.717, 1.165) is 36.5 Å². The zero-order chi connectivity index (χ0) is 16.1. The average Bonchev–Trinajstić information content (AvgIpc) is 3.25. The number of carbonyl (C=O) groups is 1. The lowest BCUT2D eigenvalue weighted by molar-refractivity contribution is 0.0853. The molecule has 1 aromatic heterocycles. The average molecular weight is 315 g/mol. The maximum atomic E-state index is 12.1. The number of nitrogens with zero attached hydrogens (tertiary/aromatic N) is 1. The van der Waals surface area contributed by atoms with Crippen molar-refractivity contribution < 1.29 is 14.3 Å². The van der Waals surface area contributed by atoms with Crippen LogP contribution in [0.3, 0.4) is 0 Å². The van der Waals surface area contributed by atoms with E-state index in [0.29, 0.717) is 18.8 Å². The lowest BCUT2D eigenvalue weighted by atomic mass is 10.1. The lowest BCUT2D eigenvalue weighted by Gasteiger charge is -2.09. The quantitative estimate of drug-likeness (QED) is 0.858. The van der Waals surface area contributed by atoms with Crippen molar-refractivity contribution in [2.24, 2.45) is 0 Å². The first-order valence-corrected chi connectivity index (χ1v) is 7.94. The molecule has 1 atom stereocenters. The van der Waals surface area contributed by atoms with Gasteiger partial charge in [0.15, 0.2) is 0 Å². The Bertz CT molecular complexity index is 645. The molecule has 0 radical (unpaired) electrons. The molecule has 0 saturated carbocycles. The van der Waals surface area contributed by atoms with E-state index < -0.39 is 0 Å². The van der Waals surface area contributed by atoms with Gasteiger partial charge in [0.25, 0.3) is 5.91 Å². The number of aromatic amines is 1. The van der Waals surface area contributed by atoms with E-state index in [9.17, 15) is 4.79 Å². The molecule has 0 aliphatic carbocycles. The number of amides is 1. The molecule has 0 spiro atoms. The molecule has 1 amide bonds. The summed E-state index contributed by atoms with van der Waals surface area (Å²) in [6.45, 7) is 3.91. The van der Waals surface area contributed by atoms with Gasteiger partial charge < -0.3 is 14.8 Å². The molecule has 6 heteroatoms. The number of hydrogen-bond acceptors (Lipinski definition) is 4. The van der Waals surface area contributed by atoms with Crippen molar-refractivity contribution in [1.82, 2.24) is 15.5 Å². The standard InChI is InChI=1S/C17H21N3O3/c1-2-22-13-7-5-12(6-8-13)15-10-16(20-19-15)17(21)18-11-14-4-3-9-23-14/h5-8,10,14H,2-4,9,11H2,1H3,(H,18,21)(H,19,20)/t14-/m1/s1. The summed E-state index contributed by atoms with van der Waals surface area (Å²) in [6.07, 6.45) is 2.19. The second kappa shape index (κ2) is 7.28. The van der Waals surface area contributed by atoms with Gasteiger partial charge in [0.2, 0.25) is 0 Å². The second-order valence-corrected chi connectivity index (χ2v) is 5.47. The molecule has 1 aliphatic rings. The van der Waals surface area contributed by atoms with Crippen molar-refractivity contribution in [3.8, 4) is 17.0 Å². The van der Waals surface area contributed by atoms with Gasteiger partial charge in [0.1, 0.15) is 11.4 Å². The van der Waals surface area contributed by atoms with Gasteiger partial charge in [-0.2, -0.15) is 5.10 Å². The molecular formula is C17H21N3O3. The number of H-pyrrole nitrogens is 1. The maximum absolute atomic E-state index is 12.1. The number of carbonyl (C=O) groups excluding carboxylic acids is 1. The maximum Gasteiger partial charge on any atom is 0.269 e. The van der Waals surface area contributed by atoms with Crippen LogP contribution in [-0.2, 0) is 4.74 Å². The van der Waals surface area contributed by atoms with E-state index >= 15 is 0 Å². The van der Waals surface area contributed by atoms with Crippen molar-refractivity contribution in [3.63, 3.8) is 0 Å².